The van der Waals surface area contributed by atoms with E-state index in [-0.39, 0.29) is 12.2 Å². The van der Waals surface area contributed by atoms with Gasteiger partial charge in [-0.05, 0) is 12.5 Å². The van der Waals surface area contributed by atoms with Crippen molar-refractivity contribution >= 4 is 21.7 Å². The molecule has 3 aromatic rings. The molecule has 154 valence electrons. The van der Waals surface area contributed by atoms with Crippen LogP contribution >= 0.6 is 0 Å². The number of nitrogens with zero attached hydrogens (tertiary/aromatic N) is 7. The van der Waals surface area contributed by atoms with Crippen LogP contribution in [0.2, 0.25) is 0 Å². The Labute approximate surface area is 165 Å². The molecule has 4 rings (SSSR count). The summed E-state index contributed by atoms with van der Waals surface area (Å²) in [5, 5.41) is 5.22. The molecule has 0 spiro atoms. The van der Waals surface area contributed by atoms with Gasteiger partial charge in [-0.1, -0.05) is 0 Å². The first-order valence-electron chi connectivity index (χ1n) is 8.80. The summed E-state index contributed by atoms with van der Waals surface area (Å²) < 4.78 is 51.9. The first kappa shape index (κ1) is 19.5. The highest BCUT2D eigenvalue weighted by Crippen LogP contribution is 2.23. The smallest absolute Gasteiger partial charge is 0.281 e. The molecule has 0 radical (unpaired) electrons. The molecule has 0 bridgehead atoms. The number of rotatable bonds is 4. The third-order valence-corrected chi connectivity index (χ3v) is 5.73. The standard InChI is InChI=1S/C16H18F2N8O2S/c17-15(18)11-10-26-12(8-22-14(26)9-21-11)16-20-3-2-13(23-16)24-4-1-5-25(7-6-24)29(19,27)28/h2-3,8-10,15H,1,4-7H2,(H2,19,27,28). The summed E-state index contributed by atoms with van der Waals surface area (Å²) in [5.74, 6) is 0.915. The fraction of sp³-hybridized carbons (Fsp3) is 0.375. The van der Waals surface area contributed by atoms with Crippen LogP contribution in [-0.4, -0.2) is 63.2 Å². The summed E-state index contributed by atoms with van der Waals surface area (Å²) >= 11 is 0. The maximum Gasteiger partial charge on any atom is 0.281 e. The summed E-state index contributed by atoms with van der Waals surface area (Å²) in [6.45, 7) is 1.59. The maximum absolute atomic E-state index is 13.0. The Bertz CT molecular complexity index is 1140. The Kier molecular flexibility index (Phi) is 5.10. The molecule has 1 aliphatic rings. The lowest BCUT2D eigenvalue weighted by molar-refractivity contribution is 0.145. The summed E-state index contributed by atoms with van der Waals surface area (Å²) in [7, 11) is -3.74. The van der Waals surface area contributed by atoms with E-state index in [1.54, 1.807) is 12.3 Å². The van der Waals surface area contributed by atoms with Crippen LogP contribution < -0.4 is 10.0 Å². The molecule has 1 aliphatic heterocycles. The number of nitrogens with two attached hydrogens (primary N) is 1. The van der Waals surface area contributed by atoms with E-state index in [1.165, 1.54) is 27.3 Å². The fourth-order valence-corrected chi connectivity index (χ4v) is 3.93. The number of anilines is 1. The molecule has 4 heterocycles. The average molecular weight is 424 g/mol. The molecule has 3 aromatic heterocycles. The van der Waals surface area contributed by atoms with Gasteiger partial charge in [-0.25, -0.2) is 33.9 Å². The third-order valence-electron chi connectivity index (χ3n) is 4.65. The van der Waals surface area contributed by atoms with Gasteiger partial charge in [0.15, 0.2) is 11.5 Å². The number of halogens is 2. The number of hydrogen-bond acceptors (Lipinski definition) is 7. The van der Waals surface area contributed by atoms with E-state index in [2.05, 4.69) is 19.9 Å². The van der Waals surface area contributed by atoms with Gasteiger partial charge in [-0.3, -0.25) is 4.40 Å². The zero-order valence-electron chi connectivity index (χ0n) is 15.2. The summed E-state index contributed by atoms with van der Waals surface area (Å²) in [6, 6.07) is 1.71. The van der Waals surface area contributed by atoms with Gasteiger partial charge in [-0.15, -0.1) is 0 Å². The molecule has 0 unspecified atom stereocenters. The lowest BCUT2D eigenvalue weighted by atomic mass is 10.3. The molecule has 0 aromatic carbocycles. The predicted molar refractivity (Wildman–Crippen MR) is 100 cm³/mol. The molecule has 2 N–H and O–H groups in total. The van der Waals surface area contributed by atoms with Crippen molar-refractivity contribution in [3.8, 4) is 11.5 Å². The Balaban J connectivity index is 1.64. The van der Waals surface area contributed by atoms with Crippen LogP contribution in [0.15, 0.2) is 30.9 Å². The van der Waals surface area contributed by atoms with Crippen molar-refractivity contribution < 1.29 is 17.2 Å². The van der Waals surface area contributed by atoms with Crippen molar-refractivity contribution in [2.75, 3.05) is 31.1 Å². The van der Waals surface area contributed by atoms with Crippen LogP contribution in [0.3, 0.4) is 0 Å². The van der Waals surface area contributed by atoms with Gasteiger partial charge >= 0.3 is 0 Å². The third kappa shape index (κ3) is 4.02. The highest BCUT2D eigenvalue weighted by atomic mass is 32.2. The second kappa shape index (κ2) is 7.57. The predicted octanol–water partition coefficient (Wildman–Crippen LogP) is 0.839. The molecule has 13 heteroatoms. The molecule has 0 aliphatic carbocycles. The lowest BCUT2D eigenvalue weighted by Crippen LogP contribution is -2.39. The van der Waals surface area contributed by atoms with Gasteiger partial charge in [0.05, 0.1) is 12.4 Å². The van der Waals surface area contributed by atoms with Gasteiger partial charge in [-0.2, -0.15) is 12.7 Å². The quantitative estimate of drug-likeness (QED) is 0.658. The van der Waals surface area contributed by atoms with Crippen molar-refractivity contribution in [2.24, 2.45) is 5.14 Å². The Hall–Kier alpha value is -2.77. The van der Waals surface area contributed by atoms with E-state index in [1.807, 2.05) is 4.90 Å². The summed E-state index contributed by atoms with van der Waals surface area (Å²) in [4.78, 5) is 18.6. The Morgan fingerprint density at radius 3 is 2.66 bits per heavy atom. The SMILES string of the molecule is NS(=O)(=O)N1CCCN(c2ccnc(-c3cnc4cnc(C(F)F)cn34)n2)CC1. The maximum atomic E-state index is 13.0. The van der Waals surface area contributed by atoms with Gasteiger partial charge in [0.25, 0.3) is 16.6 Å². The molecule has 1 fully saturated rings. The molecular formula is C16H18F2N8O2S. The van der Waals surface area contributed by atoms with E-state index in [4.69, 9.17) is 5.14 Å². The van der Waals surface area contributed by atoms with Crippen LogP contribution in [-0.2, 0) is 10.2 Å². The van der Waals surface area contributed by atoms with Crippen LogP contribution in [0, 0.1) is 0 Å². The van der Waals surface area contributed by atoms with Crippen LogP contribution in [0.25, 0.3) is 17.2 Å². The highest BCUT2D eigenvalue weighted by Gasteiger charge is 2.23. The van der Waals surface area contributed by atoms with Gasteiger partial charge in [0.2, 0.25) is 0 Å². The molecule has 0 atom stereocenters. The average Bonchev–Trinajstić information content (AvgIpc) is 2.93. The Morgan fingerprint density at radius 1 is 1.07 bits per heavy atom. The van der Waals surface area contributed by atoms with Crippen molar-refractivity contribution in [3.05, 3.63) is 36.5 Å². The largest absolute Gasteiger partial charge is 0.355 e. The lowest BCUT2D eigenvalue weighted by Gasteiger charge is -2.22. The van der Waals surface area contributed by atoms with E-state index in [0.29, 0.717) is 49.0 Å². The molecule has 10 nitrogen and oxygen atoms in total. The monoisotopic (exact) mass is 424 g/mol. The fourth-order valence-electron chi connectivity index (χ4n) is 3.21. The van der Waals surface area contributed by atoms with Gasteiger partial charge in [0, 0.05) is 38.6 Å². The van der Waals surface area contributed by atoms with Crippen LogP contribution in [0.1, 0.15) is 18.5 Å². The molecule has 0 saturated carbocycles. The molecule has 0 amide bonds. The van der Waals surface area contributed by atoms with Crippen molar-refractivity contribution in [2.45, 2.75) is 12.8 Å². The second-order valence-corrected chi connectivity index (χ2v) is 8.05. The van der Waals surface area contributed by atoms with Crippen molar-refractivity contribution in [1.29, 1.82) is 0 Å². The van der Waals surface area contributed by atoms with E-state index < -0.39 is 16.6 Å². The van der Waals surface area contributed by atoms with Crippen molar-refractivity contribution in [1.82, 2.24) is 28.6 Å². The number of fused-ring (bicyclic) bond motifs is 1. The zero-order chi connectivity index (χ0) is 20.6. The minimum Gasteiger partial charge on any atom is -0.355 e. The second-order valence-electron chi connectivity index (χ2n) is 6.51. The van der Waals surface area contributed by atoms with Gasteiger partial charge in [0.1, 0.15) is 17.2 Å². The zero-order valence-corrected chi connectivity index (χ0v) is 16.0. The van der Waals surface area contributed by atoms with Crippen molar-refractivity contribution in [3.63, 3.8) is 0 Å². The number of imidazole rings is 1. The van der Waals surface area contributed by atoms with E-state index in [0.717, 1.165) is 0 Å². The number of hydrogen-bond donors (Lipinski definition) is 1. The summed E-state index contributed by atoms with van der Waals surface area (Å²) in [5.41, 5.74) is 0.479. The van der Waals surface area contributed by atoms with E-state index >= 15 is 0 Å². The molecular weight excluding hydrogens is 406 g/mol. The summed E-state index contributed by atoms with van der Waals surface area (Å²) in [6.07, 6.45) is 3.43. The Morgan fingerprint density at radius 2 is 1.90 bits per heavy atom. The van der Waals surface area contributed by atoms with Gasteiger partial charge < -0.3 is 4.90 Å². The first-order chi connectivity index (χ1) is 13.8. The number of aromatic nitrogens is 5. The minimum atomic E-state index is -3.74. The molecule has 1 saturated heterocycles. The van der Waals surface area contributed by atoms with E-state index in [9.17, 15) is 17.2 Å². The van der Waals surface area contributed by atoms with Crippen LogP contribution in [0.5, 0.6) is 0 Å². The highest BCUT2D eigenvalue weighted by molar-refractivity contribution is 7.86. The van der Waals surface area contributed by atoms with Crippen LogP contribution in [0.4, 0.5) is 14.6 Å². The topological polar surface area (TPSA) is 123 Å². The minimum absolute atomic E-state index is 0.247. The number of alkyl halides is 2. The first-order valence-corrected chi connectivity index (χ1v) is 10.3. The normalized spacial score (nSPS) is 16.5. The molecule has 29 heavy (non-hydrogen) atoms.